The zero-order valence-corrected chi connectivity index (χ0v) is 42.9. The Balaban J connectivity index is 4.46. The van der Waals surface area contributed by atoms with Gasteiger partial charge in [0.25, 0.3) is 0 Å². The molecule has 0 saturated carbocycles. The lowest BCUT2D eigenvalue weighted by atomic mass is 10.0. The van der Waals surface area contributed by atoms with Crippen LogP contribution >= 0.6 is 0 Å². The molecule has 0 bridgehead atoms. The predicted molar refractivity (Wildman–Crippen MR) is 288 cm³/mol. The Bertz CT molecular complexity index is 1350. The Hall–Kier alpha value is -3.70. The minimum atomic E-state index is -0.620. The van der Waals surface area contributed by atoms with Crippen molar-refractivity contribution >= 4 is 11.9 Å². The van der Waals surface area contributed by atoms with Crippen molar-refractivity contribution < 1.29 is 23.8 Å². The van der Waals surface area contributed by atoms with Crippen molar-refractivity contribution in [2.24, 2.45) is 0 Å². The molecule has 0 spiro atoms. The summed E-state index contributed by atoms with van der Waals surface area (Å²) in [5.41, 5.74) is 0. The highest BCUT2D eigenvalue weighted by Gasteiger charge is 2.17. The lowest BCUT2D eigenvalue weighted by Gasteiger charge is -2.18. The van der Waals surface area contributed by atoms with Crippen molar-refractivity contribution in [3.8, 4) is 0 Å². The maximum Gasteiger partial charge on any atom is 0.310 e. The molecule has 5 heteroatoms. The van der Waals surface area contributed by atoms with Crippen LogP contribution in [0.15, 0.2) is 122 Å². The molecule has 1 unspecified atom stereocenters. The highest BCUT2D eigenvalue weighted by molar-refractivity contribution is 5.71. The average molecular weight is 913 g/mol. The summed E-state index contributed by atoms with van der Waals surface area (Å²) in [4.78, 5) is 25.4. The Morgan fingerprint density at radius 3 is 1.14 bits per heavy atom. The third kappa shape index (κ3) is 52.9. The molecule has 5 nitrogen and oxygen atoms in total. The number of carbonyl (C=O) groups excluding carboxylic acids is 2. The van der Waals surface area contributed by atoms with Crippen molar-refractivity contribution in [2.45, 2.75) is 232 Å². The lowest BCUT2D eigenvalue weighted by molar-refractivity contribution is -0.162. The molecule has 0 aromatic heterocycles. The fourth-order valence-electron chi connectivity index (χ4n) is 7.08. The number of hydrogen-bond donors (Lipinski definition) is 0. The van der Waals surface area contributed by atoms with Gasteiger partial charge >= 0.3 is 11.9 Å². The molecule has 374 valence electrons. The smallest absolute Gasteiger partial charge is 0.310 e. The molecule has 0 saturated heterocycles. The van der Waals surface area contributed by atoms with Crippen LogP contribution in [0.2, 0.25) is 0 Å². The number of rotatable bonds is 48. The summed E-state index contributed by atoms with van der Waals surface area (Å²) in [5.74, 6) is -0.570. The third-order valence-corrected chi connectivity index (χ3v) is 11.0. The summed E-state index contributed by atoms with van der Waals surface area (Å²) in [6.07, 6.45) is 78.2. The fourth-order valence-corrected chi connectivity index (χ4v) is 7.08. The maximum atomic E-state index is 12.8. The molecule has 0 aromatic carbocycles. The molecule has 0 N–H and O–H groups in total. The zero-order chi connectivity index (χ0) is 47.7. The van der Waals surface area contributed by atoms with Crippen LogP contribution < -0.4 is 0 Å². The van der Waals surface area contributed by atoms with E-state index in [1.807, 2.05) is 12.2 Å². The van der Waals surface area contributed by atoms with E-state index in [4.69, 9.17) is 14.2 Å². The van der Waals surface area contributed by atoms with Gasteiger partial charge < -0.3 is 14.2 Å². The first-order chi connectivity index (χ1) is 32.6. The van der Waals surface area contributed by atoms with Crippen LogP contribution in [-0.4, -0.2) is 37.9 Å². The maximum absolute atomic E-state index is 12.8. The number of hydrogen-bond acceptors (Lipinski definition) is 5. The molecule has 0 aliphatic heterocycles. The Morgan fingerprint density at radius 1 is 0.364 bits per heavy atom. The van der Waals surface area contributed by atoms with Gasteiger partial charge in [-0.25, -0.2) is 0 Å². The van der Waals surface area contributed by atoms with E-state index in [-0.39, 0.29) is 31.6 Å². The zero-order valence-electron chi connectivity index (χ0n) is 42.9. The number of ether oxygens (including phenoxy) is 3. The van der Waals surface area contributed by atoms with Crippen molar-refractivity contribution in [3.05, 3.63) is 122 Å². The van der Waals surface area contributed by atoms with Crippen molar-refractivity contribution in [1.29, 1.82) is 0 Å². The number of allylic oxidation sites excluding steroid dienone is 19. The predicted octanol–water partition coefficient (Wildman–Crippen LogP) is 18.6. The van der Waals surface area contributed by atoms with Gasteiger partial charge in [0.15, 0.2) is 6.10 Å². The molecular formula is C61H100O5. The van der Waals surface area contributed by atoms with Gasteiger partial charge in [0.1, 0.15) is 6.61 Å². The van der Waals surface area contributed by atoms with Crippen molar-refractivity contribution in [2.75, 3.05) is 19.8 Å². The number of esters is 2. The minimum absolute atomic E-state index is 0.0231. The minimum Gasteiger partial charge on any atom is -0.462 e. The molecule has 0 amide bonds. The van der Waals surface area contributed by atoms with Gasteiger partial charge in [0.2, 0.25) is 0 Å². The lowest BCUT2D eigenvalue weighted by Crippen LogP contribution is -2.29. The highest BCUT2D eigenvalue weighted by atomic mass is 16.6. The van der Waals surface area contributed by atoms with E-state index in [2.05, 4.69) is 130 Å². The van der Waals surface area contributed by atoms with E-state index in [9.17, 15) is 9.59 Å². The number of carbonyl (C=O) groups is 2. The Morgan fingerprint density at radius 2 is 0.727 bits per heavy atom. The topological polar surface area (TPSA) is 61.8 Å². The van der Waals surface area contributed by atoms with Crippen LogP contribution in [0.1, 0.15) is 226 Å². The fraction of sp³-hybridized carbons (Fsp3) is 0.639. The second-order valence-corrected chi connectivity index (χ2v) is 17.4. The molecule has 0 radical (unpaired) electrons. The first-order valence-electron chi connectivity index (χ1n) is 27.1. The average Bonchev–Trinajstić information content (AvgIpc) is 3.32. The van der Waals surface area contributed by atoms with E-state index in [0.717, 1.165) is 103 Å². The van der Waals surface area contributed by atoms with Crippen LogP contribution in [0, 0.1) is 0 Å². The first-order valence-corrected chi connectivity index (χ1v) is 27.1. The Labute approximate surface area is 407 Å². The highest BCUT2D eigenvalue weighted by Crippen LogP contribution is 2.15. The summed E-state index contributed by atoms with van der Waals surface area (Å²) in [5, 5.41) is 0. The second kappa shape index (κ2) is 55.6. The van der Waals surface area contributed by atoms with Crippen molar-refractivity contribution in [3.63, 3.8) is 0 Å². The van der Waals surface area contributed by atoms with Gasteiger partial charge in [-0.1, -0.05) is 245 Å². The van der Waals surface area contributed by atoms with Gasteiger partial charge in [-0.15, -0.1) is 0 Å². The van der Waals surface area contributed by atoms with Crippen molar-refractivity contribution in [1.82, 2.24) is 0 Å². The van der Waals surface area contributed by atoms with Gasteiger partial charge in [-0.05, 0) is 89.9 Å². The van der Waals surface area contributed by atoms with Crippen LogP contribution in [0.3, 0.4) is 0 Å². The third-order valence-electron chi connectivity index (χ3n) is 11.0. The van der Waals surface area contributed by atoms with Gasteiger partial charge in [0, 0.05) is 13.0 Å². The molecule has 0 fully saturated rings. The summed E-state index contributed by atoms with van der Waals surface area (Å²) in [6, 6.07) is 0. The number of unbranched alkanes of at least 4 members (excludes halogenated alkanes) is 18. The van der Waals surface area contributed by atoms with Crippen LogP contribution in [0.5, 0.6) is 0 Å². The van der Waals surface area contributed by atoms with E-state index in [0.29, 0.717) is 13.0 Å². The molecule has 1 atom stereocenters. The molecule has 0 rings (SSSR count). The van der Waals surface area contributed by atoms with Crippen LogP contribution in [0.25, 0.3) is 0 Å². The molecule has 66 heavy (non-hydrogen) atoms. The Kier molecular flexibility index (Phi) is 52.5. The first kappa shape index (κ1) is 62.3. The van der Waals surface area contributed by atoms with E-state index < -0.39 is 6.10 Å². The quantitative estimate of drug-likeness (QED) is 0.0346. The van der Waals surface area contributed by atoms with E-state index >= 15 is 0 Å². The van der Waals surface area contributed by atoms with E-state index in [1.54, 1.807) is 0 Å². The molecule has 0 aliphatic rings. The normalized spacial score (nSPS) is 13.2. The summed E-state index contributed by atoms with van der Waals surface area (Å²) in [7, 11) is 0. The molecule has 0 aliphatic carbocycles. The van der Waals surface area contributed by atoms with Crippen LogP contribution in [-0.2, 0) is 23.8 Å². The summed E-state index contributed by atoms with van der Waals surface area (Å²) in [6.45, 7) is 7.39. The molecule has 0 heterocycles. The molecular weight excluding hydrogens is 813 g/mol. The summed E-state index contributed by atoms with van der Waals surface area (Å²) < 4.78 is 17.3. The van der Waals surface area contributed by atoms with Crippen LogP contribution in [0.4, 0.5) is 0 Å². The standard InChI is InChI=1S/C61H100O5/c1-4-7-10-13-16-19-22-25-28-30-32-35-38-41-44-47-50-53-56-64-57-59(66-61(63)55-52-49-46-43-40-37-33-27-24-21-18-15-12-9-6-3)58-65-60(62)54-51-48-45-42-39-36-34-31-29-26-23-20-17-14-11-8-5-2/h7,9-10,12,16,18-19,21,25,27-28,32-33,35,40-41,43-44,49,52,59H,4-6,8,11,13-15,17,20,22-24,26,29-31,34,36-39,42,45-48,50-51,53-58H2,1-3H3/b10-7-,12-9-,19-16-,21-18-,28-25-,33-27-,35-32-,43-40-,44-41-,52-49-. The largest absolute Gasteiger partial charge is 0.462 e. The second-order valence-electron chi connectivity index (χ2n) is 17.4. The summed E-state index contributed by atoms with van der Waals surface area (Å²) >= 11 is 0. The van der Waals surface area contributed by atoms with Gasteiger partial charge in [0.05, 0.1) is 13.0 Å². The molecule has 0 aromatic rings. The SMILES string of the molecule is CC/C=C\C/C=C\C/C=C\C/C=C\C/C=C\CCCCOCC(COC(=O)CCCCCCCCCCCCCCCCCCC)OC(=O)C/C=C\C/C=C\C/C=C\C/C=C\C/C=C\CC. The van der Waals surface area contributed by atoms with Gasteiger partial charge in [-0.2, -0.15) is 0 Å². The van der Waals surface area contributed by atoms with E-state index in [1.165, 1.54) is 89.9 Å². The van der Waals surface area contributed by atoms with Gasteiger partial charge in [-0.3, -0.25) is 9.59 Å². The monoisotopic (exact) mass is 913 g/mol.